The van der Waals surface area contributed by atoms with Crippen molar-refractivity contribution in [3.05, 3.63) is 40.8 Å². The van der Waals surface area contributed by atoms with Crippen LogP contribution in [0, 0.1) is 0 Å². The van der Waals surface area contributed by atoms with E-state index in [1.54, 1.807) is 41.1 Å². The van der Waals surface area contributed by atoms with Gasteiger partial charge in [-0.3, -0.25) is 4.79 Å². The summed E-state index contributed by atoms with van der Waals surface area (Å²) in [5.74, 6) is 0.482. The molecule has 0 unspecified atom stereocenters. The molecule has 1 amide bonds. The molecule has 0 spiro atoms. The number of benzene rings is 1. The van der Waals surface area contributed by atoms with E-state index in [-0.39, 0.29) is 12.5 Å². The molecule has 3 N–H and O–H groups in total. The van der Waals surface area contributed by atoms with Gasteiger partial charge in [-0.15, -0.1) is 11.3 Å². The second kappa shape index (κ2) is 6.75. The molecule has 0 saturated heterocycles. The number of amides is 1. The molecule has 19 heavy (non-hydrogen) atoms. The molecule has 0 aliphatic carbocycles. The van der Waals surface area contributed by atoms with Crippen molar-refractivity contribution in [1.29, 1.82) is 0 Å². The third kappa shape index (κ3) is 4.59. The van der Waals surface area contributed by atoms with Crippen LogP contribution in [0.1, 0.15) is 5.69 Å². The van der Waals surface area contributed by atoms with Crippen LogP contribution in [0.25, 0.3) is 0 Å². The lowest BCUT2D eigenvalue weighted by Gasteiger charge is -2.07. The van der Waals surface area contributed by atoms with Gasteiger partial charge in [0.25, 0.3) is 5.91 Å². The molecule has 0 radical (unpaired) electrons. The maximum Gasteiger partial charge on any atom is 0.257 e. The van der Waals surface area contributed by atoms with Crippen molar-refractivity contribution in [3.8, 4) is 5.75 Å². The number of nitrogen functional groups attached to an aromatic ring is 1. The summed E-state index contributed by atoms with van der Waals surface area (Å²) in [5, 5.41) is 4.75. The first kappa shape index (κ1) is 13.4. The van der Waals surface area contributed by atoms with E-state index in [1.165, 1.54) is 0 Å². The highest BCUT2D eigenvalue weighted by atomic mass is 32.1. The third-order valence-electron chi connectivity index (χ3n) is 2.44. The Labute approximate surface area is 115 Å². The smallest absolute Gasteiger partial charge is 0.257 e. The zero-order valence-corrected chi connectivity index (χ0v) is 11.2. The molecule has 1 heterocycles. The lowest BCUT2D eigenvalue weighted by molar-refractivity contribution is -0.123. The van der Waals surface area contributed by atoms with E-state index in [1.807, 2.05) is 5.38 Å². The molecule has 1 aromatic carbocycles. The number of hydrogen-bond acceptors (Lipinski definition) is 5. The fraction of sp³-hybridized carbons (Fsp3) is 0.231. The molecule has 0 atom stereocenters. The lowest BCUT2D eigenvalue weighted by atomic mass is 10.3. The molecular weight excluding hydrogens is 262 g/mol. The summed E-state index contributed by atoms with van der Waals surface area (Å²) in [7, 11) is 0. The number of carbonyl (C=O) groups is 1. The van der Waals surface area contributed by atoms with Crippen molar-refractivity contribution in [1.82, 2.24) is 10.3 Å². The number of aromatic nitrogens is 1. The van der Waals surface area contributed by atoms with E-state index < -0.39 is 0 Å². The summed E-state index contributed by atoms with van der Waals surface area (Å²) in [6, 6.07) is 6.93. The maximum atomic E-state index is 11.5. The first-order valence-electron chi connectivity index (χ1n) is 5.86. The molecule has 0 saturated carbocycles. The topological polar surface area (TPSA) is 77.2 Å². The molecule has 0 aliphatic heterocycles. The van der Waals surface area contributed by atoms with E-state index in [2.05, 4.69) is 10.3 Å². The predicted molar refractivity (Wildman–Crippen MR) is 75.2 cm³/mol. The van der Waals surface area contributed by atoms with Gasteiger partial charge in [-0.05, 0) is 24.3 Å². The summed E-state index contributed by atoms with van der Waals surface area (Å²) in [6.45, 7) is 0.564. The van der Waals surface area contributed by atoms with Gasteiger partial charge in [-0.1, -0.05) is 0 Å². The van der Waals surface area contributed by atoms with Crippen LogP contribution in [0.3, 0.4) is 0 Å². The van der Waals surface area contributed by atoms with Gasteiger partial charge in [0.05, 0.1) is 11.2 Å². The number of hydrogen-bond donors (Lipinski definition) is 2. The predicted octanol–water partition coefficient (Wildman–Crippen LogP) is 1.46. The van der Waals surface area contributed by atoms with Crippen LogP contribution in [-0.2, 0) is 11.2 Å². The standard InChI is InChI=1S/C13H15N3O2S/c14-10-1-3-12(4-2-10)18-7-13(17)15-6-5-11-8-19-9-16-11/h1-4,8-9H,5-7,14H2,(H,15,17). The number of carbonyl (C=O) groups excluding carboxylic acids is 1. The van der Waals surface area contributed by atoms with Crippen LogP contribution in [-0.4, -0.2) is 24.0 Å². The van der Waals surface area contributed by atoms with Crippen molar-refractivity contribution >= 4 is 22.9 Å². The van der Waals surface area contributed by atoms with Gasteiger partial charge in [-0.2, -0.15) is 0 Å². The average molecular weight is 277 g/mol. The number of thiazole rings is 1. The van der Waals surface area contributed by atoms with Crippen LogP contribution in [0.4, 0.5) is 5.69 Å². The number of nitrogens with two attached hydrogens (primary N) is 1. The Bertz CT molecular complexity index is 511. The Morgan fingerprint density at radius 3 is 2.84 bits per heavy atom. The van der Waals surface area contributed by atoms with Gasteiger partial charge in [0, 0.05) is 24.0 Å². The first-order chi connectivity index (χ1) is 9.24. The number of anilines is 1. The normalized spacial score (nSPS) is 10.1. The summed E-state index contributed by atoms with van der Waals surface area (Å²) >= 11 is 1.55. The lowest BCUT2D eigenvalue weighted by Crippen LogP contribution is -2.30. The van der Waals surface area contributed by atoms with Gasteiger partial charge < -0.3 is 15.8 Å². The summed E-state index contributed by atoms with van der Waals surface area (Å²) in [5.41, 5.74) is 8.99. The van der Waals surface area contributed by atoms with Crippen molar-refractivity contribution in [2.24, 2.45) is 0 Å². The van der Waals surface area contributed by atoms with Crippen molar-refractivity contribution in [2.75, 3.05) is 18.9 Å². The molecule has 2 aromatic rings. The minimum Gasteiger partial charge on any atom is -0.484 e. The van der Waals surface area contributed by atoms with E-state index in [9.17, 15) is 4.79 Å². The highest BCUT2D eigenvalue weighted by Crippen LogP contribution is 2.12. The van der Waals surface area contributed by atoms with Crippen LogP contribution in [0.2, 0.25) is 0 Å². The molecule has 0 fully saturated rings. The van der Waals surface area contributed by atoms with E-state index in [0.29, 0.717) is 18.0 Å². The van der Waals surface area contributed by atoms with Gasteiger partial charge >= 0.3 is 0 Å². The first-order valence-corrected chi connectivity index (χ1v) is 6.80. The zero-order valence-electron chi connectivity index (χ0n) is 10.3. The zero-order chi connectivity index (χ0) is 13.5. The Morgan fingerprint density at radius 1 is 1.37 bits per heavy atom. The Balaban J connectivity index is 1.65. The maximum absolute atomic E-state index is 11.5. The van der Waals surface area contributed by atoms with Gasteiger partial charge in [0.15, 0.2) is 6.61 Å². The molecule has 100 valence electrons. The highest BCUT2D eigenvalue weighted by molar-refractivity contribution is 7.07. The van der Waals surface area contributed by atoms with Crippen molar-refractivity contribution in [2.45, 2.75) is 6.42 Å². The molecule has 5 nitrogen and oxygen atoms in total. The number of rotatable bonds is 6. The van der Waals surface area contributed by atoms with Gasteiger partial charge in [0.2, 0.25) is 0 Å². The van der Waals surface area contributed by atoms with Gasteiger partial charge in [0.1, 0.15) is 5.75 Å². The summed E-state index contributed by atoms with van der Waals surface area (Å²) in [4.78, 5) is 15.7. The quantitative estimate of drug-likeness (QED) is 0.784. The average Bonchev–Trinajstić information content (AvgIpc) is 2.91. The van der Waals surface area contributed by atoms with Crippen molar-refractivity contribution < 1.29 is 9.53 Å². The van der Waals surface area contributed by atoms with Crippen LogP contribution in [0.5, 0.6) is 5.75 Å². The highest BCUT2D eigenvalue weighted by Gasteiger charge is 2.03. The van der Waals surface area contributed by atoms with E-state index >= 15 is 0 Å². The molecule has 6 heteroatoms. The van der Waals surface area contributed by atoms with Gasteiger partial charge in [-0.25, -0.2) is 4.98 Å². The summed E-state index contributed by atoms with van der Waals surface area (Å²) in [6.07, 6.45) is 0.733. The second-order valence-electron chi connectivity index (χ2n) is 3.94. The Kier molecular flexibility index (Phi) is 4.74. The van der Waals surface area contributed by atoms with Crippen LogP contribution in [0.15, 0.2) is 35.2 Å². The molecule has 1 aromatic heterocycles. The fourth-order valence-corrected chi connectivity index (χ4v) is 2.05. The minimum absolute atomic E-state index is 0.000976. The Hall–Kier alpha value is -2.08. The largest absolute Gasteiger partial charge is 0.484 e. The molecule has 0 aliphatic rings. The SMILES string of the molecule is Nc1ccc(OCC(=O)NCCc2cscn2)cc1. The monoisotopic (exact) mass is 277 g/mol. The van der Waals surface area contributed by atoms with Crippen LogP contribution >= 0.6 is 11.3 Å². The molecule has 0 bridgehead atoms. The third-order valence-corrected chi connectivity index (χ3v) is 3.07. The molecule has 2 rings (SSSR count). The number of nitrogens with one attached hydrogen (secondary N) is 1. The van der Waals surface area contributed by atoms with Crippen molar-refractivity contribution in [3.63, 3.8) is 0 Å². The Morgan fingerprint density at radius 2 is 2.16 bits per heavy atom. The minimum atomic E-state index is -0.146. The number of ether oxygens (including phenoxy) is 1. The number of nitrogens with zero attached hydrogens (tertiary/aromatic N) is 1. The fourth-order valence-electron chi connectivity index (χ4n) is 1.45. The molecular formula is C13H15N3O2S. The van der Waals surface area contributed by atoms with Crippen LogP contribution < -0.4 is 15.8 Å². The summed E-state index contributed by atoms with van der Waals surface area (Å²) < 4.78 is 5.33. The second-order valence-corrected chi connectivity index (χ2v) is 4.66. The van der Waals surface area contributed by atoms with E-state index in [0.717, 1.165) is 12.1 Å². The van der Waals surface area contributed by atoms with E-state index in [4.69, 9.17) is 10.5 Å².